The number of unbranched alkanes of at least 4 members (excludes halogenated alkanes) is 2. The summed E-state index contributed by atoms with van der Waals surface area (Å²) < 4.78 is 31.3. The Balaban J connectivity index is 2.44. The summed E-state index contributed by atoms with van der Waals surface area (Å²) in [5.41, 5.74) is 0.691. The molecule has 0 spiro atoms. The molecule has 1 heterocycles. The van der Waals surface area contributed by atoms with Crippen LogP contribution in [0, 0.1) is 6.92 Å². The second kappa shape index (κ2) is 6.89. The van der Waals surface area contributed by atoms with Gasteiger partial charge in [0, 0.05) is 12.1 Å². The van der Waals surface area contributed by atoms with Crippen molar-refractivity contribution in [3.05, 3.63) is 17.5 Å². The summed E-state index contributed by atoms with van der Waals surface area (Å²) in [5.74, 6) is 0.229. The Morgan fingerprint density at radius 3 is 2.72 bits per heavy atom. The van der Waals surface area contributed by atoms with E-state index in [1.165, 1.54) is 0 Å². The van der Waals surface area contributed by atoms with Gasteiger partial charge < -0.3 is 4.52 Å². The van der Waals surface area contributed by atoms with E-state index in [9.17, 15) is 8.42 Å². The first-order chi connectivity index (χ1) is 8.43. The van der Waals surface area contributed by atoms with Crippen LogP contribution in [-0.2, 0) is 15.8 Å². The lowest BCUT2D eigenvalue weighted by Gasteiger charge is -2.12. The quantitative estimate of drug-likeness (QED) is 0.739. The molecule has 0 aliphatic rings. The minimum atomic E-state index is -3.34. The molecule has 6 heteroatoms. The Kier molecular flexibility index (Phi) is 5.81. The molecule has 0 saturated heterocycles. The van der Waals surface area contributed by atoms with Crippen LogP contribution >= 0.6 is 0 Å². The van der Waals surface area contributed by atoms with Crippen molar-refractivity contribution in [1.82, 2.24) is 9.88 Å². The molecule has 104 valence electrons. The van der Waals surface area contributed by atoms with Gasteiger partial charge in [-0.05, 0) is 20.3 Å². The summed E-state index contributed by atoms with van der Waals surface area (Å²) in [5, 5.41) is 3.67. The van der Waals surface area contributed by atoms with Crippen LogP contribution in [-0.4, -0.2) is 19.6 Å². The summed E-state index contributed by atoms with van der Waals surface area (Å²) in [7, 11) is -3.34. The Morgan fingerprint density at radius 1 is 1.44 bits per heavy atom. The largest absolute Gasteiger partial charge is 0.360 e. The maximum absolute atomic E-state index is 11.9. The van der Waals surface area contributed by atoms with Gasteiger partial charge in [0.05, 0.1) is 5.69 Å². The number of rotatable bonds is 8. The lowest BCUT2D eigenvalue weighted by molar-refractivity contribution is 0.388. The van der Waals surface area contributed by atoms with Gasteiger partial charge >= 0.3 is 0 Å². The zero-order valence-electron chi connectivity index (χ0n) is 11.3. The Hall–Kier alpha value is -0.880. The lowest BCUT2D eigenvalue weighted by atomic mass is 10.1. The average Bonchev–Trinajstić information content (AvgIpc) is 2.62. The van der Waals surface area contributed by atoms with Crippen molar-refractivity contribution in [2.45, 2.75) is 58.2 Å². The Labute approximate surface area is 109 Å². The fourth-order valence-electron chi connectivity index (χ4n) is 1.78. The molecule has 18 heavy (non-hydrogen) atoms. The van der Waals surface area contributed by atoms with E-state index < -0.39 is 10.0 Å². The van der Waals surface area contributed by atoms with E-state index in [0.29, 0.717) is 11.5 Å². The first kappa shape index (κ1) is 15.2. The maximum atomic E-state index is 11.9. The average molecular weight is 274 g/mol. The van der Waals surface area contributed by atoms with Crippen molar-refractivity contribution in [3.8, 4) is 0 Å². The predicted molar refractivity (Wildman–Crippen MR) is 70.6 cm³/mol. The van der Waals surface area contributed by atoms with E-state index in [2.05, 4.69) is 16.8 Å². The Morgan fingerprint density at radius 2 is 2.17 bits per heavy atom. The SMILES string of the molecule is CCCCC[C@@H](C)NS(=O)(=O)Cc1cc(C)no1. The van der Waals surface area contributed by atoms with Crippen LogP contribution in [0.4, 0.5) is 0 Å². The number of aromatic nitrogens is 1. The smallest absolute Gasteiger partial charge is 0.219 e. The molecule has 1 aromatic rings. The zero-order valence-corrected chi connectivity index (χ0v) is 12.1. The van der Waals surface area contributed by atoms with Gasteiger partial charge in [0.15, 0.2) is 5.76 Å². The van der Waals surface area contributed by atoms with Crippen LogP contribution in [0.5, 0.6) is 0 Å². The van der Waals surface area contributed by atoms with Gasteiger partial charge in [-0.15, -0.1) is 0 Å². The molecular formula is C12H22N2O3S. The molecule has 0 fully saturated rings. The number of nitrogens with zero attached hydrogens (tertiary/aromatic N) is 1. The minimum absolute atomic E-state index is 0.0365. The van der Waals surface area contributed by atoms with Gasteiger partial charge in [-0.25, -0.2) is 13.1 Å². The molecule has 5 nitrogen and oxygen atoms in total. The van der Waals surface area contributed by atoms with Crippen LogP contribution < -0.4 is 4.72 Å². The summed E-state index contributed by atoms with van der Waals surface area (Å²) >= 11 is 0. The van der Waals surface area contributed by atoms with Gasteiger partial charge in [-0.2, -0.15) is 0 Å². The third-order valence-corrected chi connectivity index (χ3v) is 4.06. The normalized spacial score (nSPS) is 13.7. The third kappa shape index (κ3) is 5.64. The second-order valence-electron chi connectivity index (χ2n) is 4.71. The number of hydrogen-bond acceptors (Lipinski definition) is 4. The van der Waals surface area contributed by atoms with Gasteiger partial charge in [0.1, 0.15) is 5.75 Å². The summed E-state index contributed by atoms with van der Waals surface area (Å²) in [4.78, 5) is 0. The molecule has 0 aliphatic heterocycles. The van der Waals surface area contributed by atoms with E-state index in [1.54, 1.807) is 13.0 Å². The van der Waals surface area contributed by atoms with E-state index in [0.717, 1.165) is 25.7 Å². The molecule has 0 aromatic carbocycles. The second-order valence-corrected chi connectivity index (χ2v) is 6.46. The highest BCUT2D eigenvalue weighted by Crippen LogP contribution is 2.09. The van der Waals surface area contributed by atoms with Gasteiger partial charge in [-0.1, -0.05) is 31.3 Å². The summed E-state index contributed by atoms with van der Waals surface area (Å²) in [6, 6.07) is 1.60. The molecule has 1 atom stereocenters. The fourth-order valence-corrected chi connectivity index (χ4v) is 3.10. The molecule has 1 aromatic heterocycles. The van der Waals surface area contributed by atoms with E-state index >= 15 is 0 Å². The van der Waals surface area contributed by atoms with Gasteiger partial charge in [0.2, 0.25) is 10.0 Å². The Bertz CT molecular complexity index is 454. The zero-order chi connectivity index (χ0) is 13.6. The van der Waals surface area contributed by atoms with Crippen LogP contribution in [0.15, 0.2) is 10.6 Å². The van der Waals surface area contributed by atoms with Crippen LogP contribution in [0.2, 0.25) is 0 Å². The van der Waals surface area contributed by atoms with Crippen molar-refractivity contribution in [2.24, 2.45) is 0 Å². The summed E-state index contributed by atoms with van der Waals surface area (Å²) in [6.45, 7) is 5.78. The van der Waals surface area contributed by atoms with E-state index in [4.69, 9.17) is 4.52 Å². The maximum Gasteiger partial charge on any atom is 0.219 e. The third-order valence-electron chi connectivity index (χ3n) is 2.63. The lowest BCUT2D eigenvalue weighted by Crippen LogP contribution is -2.33. The topological polar surface area (TPSA) is 72.2 Å². The minimum Gasteiger partial charge on any atom is -0.360 e. The van der Waals surface area contributed by atoms with Crippen LogP contribution in [0.1, 0.15) is 51.0 Å². The molecule has 0 unspecified atom stereocenters. The molecule has 1 N–H and O–H groups in total. The fraction of sp³-hybridized carbons (Fsp3) is 0.750. The van der Waals surface area contributed by atoms with Gasteiger partial charge in [0.25, 0.3) is 0 Å². The molecule has 0 amide bonds. The first-order valence-electron chi connectivity index (χ1n) is 6.35. The van der Waals surface area contributed by atoms with E-state index in [-0.39, 0.29) is 11.8 Å². The summed E-state index contributed by atoms with van der Waals surface area (Å²) in [6.07, 6.45) is 4.17. The molecule has 0 bridgehead atoms. The number of hydrogen-bond donors (Lipinski definition) is 1. The molecule has 1 rings (SSSR count). The van der Waals surface area contributed by atoms with Crippen molar-refractivity contribution in [3.63, 3.8) is 0 Å². The number of nitrogens with one attached hydrogen (secondary N) is 1. The molecule has 0 saturated carbocycles. The van der Waals surface area contributed by atoms with Crippen molar-refractivity contribution in [2.75, 3.05) is 0 Å². The predicted octanol–water partition coefficient (Wildman–Crippen LogP) is 2.37. The monoisotopic (exact) mass is 274 g/mol. The van der Waals surface area contributed by atoms with Crippen LogP contribution in [0.3, 0.4) is 0 Å². The molecule has 0 radical (unpaired) electrons. The standard InChI is InChI=1S/C12H22N2O3S/c1-4-5-6-7-10(2)14-18(15,16)9-12-8-11(3)13-17-12/h8,10,14H,4-7,9H2,1-3H3/t10-/m1/s1. The van der Waals surface area contributed by atoms with Gasteiger partial charge in [-0.3, -0.25) is 0 Å². The molecule has 0 aliphatic carbocycles. The highest BCUT2D eigenvalue weighted by atomic mass is 32.2. The number of sulfonamides is 1. The highest BCUT2D eigenvalue weighted by Gasteiger charge is 2.17. The van der Waals surface area contributed by atoms with Crippen molar-refractivity contribution >= 4 is 10.0 Å². The van der Waals surface area contributed by atoms with Crippen molar-refractivity contribution < 1.29 is 12.9 Å². The first-order valence-corrected chi connectivity index (χ1v) is 8.00. The van der Waals surface area contributed by atoms with E-state index in [1.807, 2.05) is 6.92 Å². The van der Waals surface area contributed by atoms with Crippen LogP contribution in [0.25, 0.3) is 0 Å². The highest BCUT2D eigenvalue weighted by molar-refractivity contribution is 7.88. The molecular weight excluding hydrogens is 252 g/mol. The van der Waals surface area contributed by atoms with Crippen molar-refractivity contribution in [1.29, 1.82) is 0 Å². The number of aryl methyl sites for hydroxylation is 1.